The Hall–Kier alpha value is -8.08. The largest absolute Gasteiger partial charge is 0.461 e. The van der Waals surface area contributed by atoms with E-state index in [0.717, 1.165) is 44.3 Å². The minimum absolute atomic E-state index is 0.820. The van der Waals surface area contributed by atoms with Crippen LogP contribution in [0.1, 0.15) is 0 Å². The van der Waals surface area contributed by atoms with Crippen LogP contribution < -0.4 is 0 Å². The second-order valence-electron chi connectivity index (χ2n) is 15.7. The molecule has 0 amide bonds. The van der Waals surface area contributed by atoms with E-state index in [2.05, 4.69) is 214 Å². The van der Waals surface area contributed by atoms with Crippen molar-refractivity contribution in [2.75, 3.05) is 0 Å². The molecule has 3 heterocycles. The first kappa shape index (κ1) is 32.9. The van der Waals surface area contributed by atoms with Gasteiger partial charge < -0.3 is 18.1 Å². The molecule has 4 nitrogen and oxygen atoms in total. The van der Waals surface area contributed by atoms with Crippen molar-refractivity contribution in [3.05, 3.63) is 213 Å². The summed E-state index contributed by atoms with van der Waals surface area (Å²) in [6.07, 6.45) is 3.80. The summed E-state index contributed by atoms with van der Waals surface area (Å²) < 4.78 is 13.4. The van der Waals surface area contributed by atoms with Crippen molar-refractivity contribution in [3.63, 3.8) is 0 Å². The van der Waals surface area contributed by atoms with E-state index >= 15 is 0 Å². The van der Waals surface area contributed by atoms with Crippen molar-refractivity contribution in [2.45, 2.75) is 0 Å². The third-order valence-electron chi connectivity index (χ3n) is 12.6. The predicted octanol–water partition coefficient (Wildman–Crippen LogP) is 15.2. The van der Waals surface area contributed by atoms with Gasteiger partial charge in [0.2, 0.25) is 0 Å². The Kier molecular flexibility index (Phi) is 6.98. The van der Waals surface area contributed by atoms with Gasteiger partial charge in [0.05, 0.1) is 27.6 Å². The lowest BCUT2D eigenvalue weighted by atomic mass is 9.93. The van der Waals surface area contributed by atoms with Crippen LogP contribution in [0.25, 0.3) is 115 Å². The molecule has 60 heavy (non-hydrogen) atoms. The highest BCUT2D eigenvalue weighted by molar-refractivity contribution is 6.27. The van der Waals surface area contributed by atoms with Gasteiger partial charge in [-0.3, -0.25) is 0 Å². The van der Waals surface area contributed by atoms with Gasteiger partial charge in [-0.05, 0) is 116 Å². The number of fused-ring (bicyclic) bond motifs is 15. The first-order valence-corrected chi connectivity index (χ1v) is 20.5. The number of rotatable bonds is 3. The first-order valence-electron chi connectivity index (χ1n) is 20.5. The molecule has 3 aromatic heterocycles. The number of para-hydroxylation sites is 5. The summed E-state index contributed by atoms with van der Waals surface area (Å²) in [7, 11) is 0. The van der Waals surface area contributed by atoms with Crippen molar-refractivity contribution >= 4 is 97.8 Å². The molecule has 10 aromatic carbocycles. The molecule has 0 radical (unpaired) electrons. The van der Waals surface area contributed by atoms with Gasteiger partial charge in [-0.1, -0.05) is 127 Å². The van der Waals surface area contributed by atoms with E-state index in [0.29, 0.717) is 0 Å². The van der Waals surface area contributed by atoms with Gasteiger partial charge in [-0.25, -0.2) is 0 Å². The maximum Gasteiger partial charge on any atom is 0.151 e. The summed E-state index contributed by atoms with van der Waals surface area (Å²) in [5.74, 6) is 0. The Balaban J connectivity index is 1.24. The van der Waals surface area contributed by atoms with Gasteiger partial charge in [-0.2, -0.15) is 0 Å². The van der Waals surface area contributed by atoms with Crippen LogP contribution in [0.2, 0.25) is 0 Å². The molecule has 0 aliphatic heterocycles. The molecular formula is C56H35N3O. The van der Waals surface area contributed by atoms with Gasteiger partial charge in [0.1, 0.15) is 6.26 Å². The van der Waals surface area contributed by atoms with Crippen LogP contribution in [0, 0.1) is 0 Å². The van der Waals surface area contributed by atoms with E-state index in [4.69, 9.17) is 4.42 Å². The molecule has 0 bridgehead atoms. The Bertz CT molecular complexity index is 3850. The zero-order chi connectivity index (χ0) is 39.3. The number of hydrogen-bond donors (Lipinski definition) is 0. The highest BCUT2D eigenvalue weighted by atomic mass is 16.3. The summed E-state index contributed by atoms with van der Waals surface area (Å²) in [5.41, 5.74) is 9.88. The fourth-order valence-corrected chi connectivity index (χ4v) is 9.97. The molecular weight excluding hydrogens is 731 g/mol. The Morgan fingerprint density at radius 3 is 1.17 bits per heavy atom. The topological polar surface area (TPSA) is 27.9 Å². The Morgan fingerprint density at radius 2 is 0.650 bits per heavy atom. The van der Waals surface area contributed by atoms with E-state index in [1.807, 2.05) is 6.20 Å². The molecule has 280 valence electrons. The monoisotopic (exact) mass is 765 g/mol. The molecule has 0 aliphatic carbocycles. The lowest BCUT2D eigenvalue weighted by molar-refractivity contribution is 0.593. The van der Waals surface area contributed by atoms with Crippen LogP contribution in [0.15, 0.2) is 217 Å². The maximum atomic E-state index is 6.33. The van der Waals surface area contributed by atoms with Crippen molar-refractivity contribution in [3.8, 4) is 17.1 Å². The molecule has 0 aliphatic rings. The smallest absolute Gasteiger partial charge is 0.151 e. The van der Waals surface area contributed by atoms with E-state index in [1.54, 1.807) is 6.26 Å². The summed E-state index contributed by atoms with van der Waals surface area (Å²) in [6.45, 7) is 0. The van der Waals surface area contributed by atoms with Gasteiger partial charge >= 0.3 is 0 Å². The molecule has 13 rings (SSSR count). The third kappa shape index (κ3) is 4.73. The van der Waals surface area contributed by atoms with E-state index in [1.165, 1.54) is 70.5 Å². The van der Waals surface area contributed by atoms with Crippen LogP contribution in [-0.2, 0) is 0 Å². The minimum Gasteiger partial charge on any atom is -0.461 e. The van der Waals surface area contributed by atoms with Crippen LogP contribution >= 0.6 is 0 Å². The van der Waals surface area contributed by atoms with E-state index < -0.39 is 0 Å². The molecule has 0 unspecified atom stereocenters. The molecule has 0 saturated heterocycles. The zero-order valence-electron chi connectivity index (χ0n) is 32.5. The molecule has 0 spiro atoms. The lowest BCUT2D eigenvalue weighted by Gasteiger charge is -2.16. The molecule has 13 aromatic rings. The zero-order valence-corrected chi connectivity index (χ0v) is 32.5. The summed E-state index contributed by atoms with van der Waals surface area (Å²) in [6, 6.07) is 73.1. The fourth-order valence-electron chi connectivity index (χ4n) is 9.97. The predicted molar refractivity (Wildman–Crippen MR) is 252 cm³/mol. The summed E-state index contributed by atoms with van der Waals surface area (Å²) in [4.78, 5) is 0. The van der Waals surface area contributed by atoms with Gasteiger partial charge in [0.15, 0.2) is 5.58 Å². The maximum absolute atomic E-state index is 6.33. The third-order valence-corrected chi connectivity index (χ3v) is 12.6. The van der Waals surface area contributed by atoms with Crippen molar-refractivity contribution in [1.82, 2.24) is 13.7 Å². The number of nitrogens with zero attached hydrogens (tertiary/aromatic N) is 3. The van der Waals surface area contributed by atoms with Crippen molar-refractivity contribution < 1.29 is 4.42 Å². The molecule has 0 atom stereocenters. The first-order chi connectivity index (χ1) is 29.8. The highest BCUT2D eigenvalue weighted by Gasteiger charge is 2.18. The summed E-state index contributed by atoms with van der Waals surface area (Å²) in [5, 5.41) is 14.3. The average Bonchev–Trinajstić information content (AvgIpc) is 3.84. The average molecular weight is 766 g/mol. The molecule has 0 N–H and O–H groups in total. The highest BCUT2D eigenvalue weighted by Crippen LogP contribution is 2.41. The number of benzene rings is 9. The van der Waals surface area contributed by atoms with Gasteiger partial charge in [0.25, 0.3) is 0 Å². The second-order valence-corrected chi connectivity index (χ2v) is 15.7. The normalized spacial score (nSPS) is 12.0. The number of hydrogen-bond acceptors (Lipinski definition) is 1. The van der Waals surface area contributed by atoms with E-state index in [9.17, 15) is 0 Å². The standard InChI is InChI=1S/C56H35N3O/c1-2-14-36(15-3-1)57-30-31-60-56-35-50-40-17-5-4-16-39(40)41-28-26-37(58-51-22-10-6-18-43(51)44-19-7-11-23-52(44)58)32-47(41)48-33-38(27-29-42(48)49(50)34-55(56)57)59-53-24-12-8-20-45(53)46-21-9-13-25-54(46)59/h1-35H. The van der Waals surface area contributed by atoms with Gasteiger partial charge in [0, 0.05) is 44.8 Å². The lowest BCUT2D eigenvalue weighted by Crippen LogP contribution is -1.97. The summed E-state index contributed by atoms with van der Waals surface area (Å²) >= 11 is 0. The fraction of sp³-hybridized carbons (Fsp3) is 0. The van der Waals surface area contributed by atoms with E-state index in [-0.39, 0.29) is 0 Å². The van der Waals surface area contributed by atoms with Crippen molar-refractivity contribution in [2.24, 2.45) is 0 Å². The van der Waals surface area contributed by atoms with Crippen molar-refractivity contribution in [1.29, 1.82) is 0 Å². The molecule has 0 fully saturated rings. The second kappa shape index (κ2) is 12.7. The van der Waals surface area contributed by atoms with Crippen LogP contribution in [0.5, 0.6) is 0 Å². The quantitative estimate of drug-likeness (QED) is 0.176. The Morgan fingerprint density at radius 1 is 0.267 bits per heavy atom. The van der Waals surface area contributed by atoms with Crippen LogP contribution in [0.3, 0.4) is 0 Å². The van der Waals surface area contributed by atoms with Crippen LogP contribution in [-0.4, -0.2) is 13.7 Å². The van der Waals surface area contributed by atoms with Crippen LogP contribution in [0.4, 0.5) is 0 Å². The molecule has 4 heteroatoms. The Labute approximate surface area is 344 Å². The number of aromatic nitrogens is 3. The minimum atomic E-state index is 0.820. The SMILES string of the molecule is c1ccc(-n2ccoc3cc4c5ccccc5c5ccc(-n6c7ccccc7c7ccccc76)cc5c5cc(-n6c7ccccc7c7ccccc76)ccc5c4cc32)cc1. The molecule has 0 saturated carbocycles. The van der Waals surface area contributed by atoms with Gasteiger partial charge in [-0.15, -0.1) is 0 Å².